The van der Waals surface area contributed by atoms with Crippen molar-refractivity contribution in [3.63, 3.8) is 0 Å². The number of fused-ring (bicyclic) bond motifs is 2. The van der Waals surface area contributed by atoms with Crippen LogP contribution in [0, 0.1) is 0 Å². The first-order valence-corrected chi connectivity index (χ1v) is 9.41. The second kappa shape index (κ2) is 6.64. The van der Waals surface area contributed by atoms with Gasteiger partial charge in [-0.05, 0) is 56.9 Å². The molecule has 3 heterocycles. The molecule has 0 radical (unpaired) electrons. The van der Waals surface area contributed by atoms with Gasteiger partial charge in [0.1, 0.15) is 6.04 Å². The summed E-state index contributed by atoms with van der Waals surface area (Å²) < 4.78 is 5.51. The van der Waals surface area contributed by atoms with E-state index in [9.17, 15) is 9.59 Å². The van der Waals surface area contributed by atoms with Crippen LogP contribution in [-0.2, 0) is 19.7 Å². The summed E-state index contributed by atoms with van der Waals surface area (Å²) in [6.45, 7) is 5.87. The Balaban J connectivity index is 1.63. The molecule has 3 aliphatic heterocycles. The lowest BCUT2D eigenvalue weighted by Gasteiger charge is -2.32. The number of nitrogens with zero attached hydrogens (tertiary/aromatic N) is 1. The Hall–Kier alpha value is -1.96. The molecule has 0 aliphatic carbocycles. The Kier molecular flexibility index (Phi) is 4.46. The van der Waals surface area contributed by atoms with E-state index in [0.29, 0.717) is 32.6 Å². The molecule has 7 heteroatoms. The Morgan fingerprint density at radius 2 is 2.12 bits per heavy atom. The molecule has 0 bridgehead atoms. The van der Waals surface area contributed by atoms with Crippen molar-refractivity contribution in [2.75, 3.05) is 30.0 Å². The molecule has 4 rings (SSSR count). The molecule has 0 aromatic heterocycles. The van der Waals surface area contributed by atoms with E-state index in [0.717, 1.165) is 23.4 Å². The van der Waals surface area contributed by atoms with E-state index in [-0.39, 0.29) is 23.9 Å². The molecular formula is C19H26N4O3. The van der Waals surface area contributed by atoms with E-state index in [4.69, 9.17) is 4.74 Å². The van der Waals surface area contributed by atoms with Crippen molar-refractivity contribution < 1.29 is 14.3 Å². The number of hydrogen-bond acceptors (Lipinski definition) is 5. The van der Waals surface area contributed by atoms with Gasteiger partial charge in [-0.3, -0.25) is 15.0 Å². The van der Waals surface area contributed by atoms with E-state index in [1.807, 2.05) is 36.9 Å². The van der Waals surface area contributed by atoms with E-state index < -0.39 is 5.41 Å². The minimum absolute atomic E-state index is 0.0560. The summed E-state index contributed by atoms with van der Waals surface area (Å²) in [6, 6.07) is 5.85. The Labute approximate surface area is 153 Å². The van der Waals surface area contributed by atoms with Gasteiger partial charge in [0.15, 0.2) is 0 Å². The summed E-state index contributed by atoms with van der Waals surface area (Å²) in [4.78, 5) is 27.5. The molecule has 3 N–H and O–H groups in total. The summed E-state index contributed by atoms with van der Waals surface area (Å²) in [5.74, 6) is 0.108. The third-order valence-corrected chi connectivity index (χ3v) is 5.80. The number of hydrazine groups is 1. The van der Waals surface area contributed by atoms with Crippen molar-refractivity contribution in [3.8, 4) is 0 Å². The number of nitrogens with one attached hydrogen (secondary N) is 3. The molecule has 0 saturated carbocycles. The summed E-state index contributed by atoms with van der Waals surface area (Å²) in [6.07, 6.45) is 2.14. The van der Waals surface area contributed by atoms with E-state index >= 15 is 0 Å². The molecule has 26 heavy (non-hydrogen) atoms. The first-order valence-electron chi connectivity index (χ1n) is 9.41. The summed E-state index contributed by atoms with van der Waals surface area (Å²) in [7, 11) is 0. The Morgan fingerprint density at radius 3 is 2.77 bits per heavy atom. The topological polar surface area (TPSA) is 82.7 Å². The Morgan fingerprint density at radius 1 is 1.35 bits per heavy atom. The quantitative estimate of drug-likeness (QED) is 0.759. The van der Waals surface area contributed by atoms with E-state index in [2.05, 4.69) is 16.2 Å². The Bertz CT molecular complexity index is 729. The number of ether oxygens (including phenoxy) is 1. The number of likely N-dealkylation sites (N-methyl/N-ethyl adjacent to an activating group) is 1. The minimum Gasteiger partial charge on any atom is -0.381 e. The zero-order chi connectivity index (χ0) is 18.3. The lowest BCUT2D eigenvalue weighted by atomic mass is 9.75. The molecule has 2 amide bonds. The van der Waals surface area contributed by atoms with Gasteiger partial charge < -0.3 is 15.0 Å². The van der Waals surface area contributed by atoms with Crippen LogP contribution < -0.4 is 21.1 Å². The second-order valence-corrected chi connectivity index (χ2v) is 7.44. The molecule has 2 unspecified atom stereocenters. The predicted octanol–water partition coefficient (Wildman–Crippen LogP) is 1.29. The smallest absolute Gasteiger partial charge is 0.242 e. The SMILES string of the molecule is CCN1C(=O)C2(CCOCC2)c2cc(NC(=O)C3CC(C)NN3)ccc21. The molecule has 2 fully saturated rings. The van der Waals surface area contributed by atoms with Gasteiger partial charge in [0, 0.05) is 37.2 Å². The maximum absolute atomic E-state index is 13.1. The molecular weight excluding hydrogens is 332 g/mol. The highest BCUT2D eigenvalue weighted by Crippen LogP contribution is 2.48. The van der Waals surface area contributed by atoms with Gasteiger partial charge >= 0.3 is 0 Å². The largest absolute Gasteiger partial charge is 0.381 e. The van der Waals surface area contributed by atoms with Crippen molar-refractivity contribution in [1.82, 2.24) is 10.9 Å². The fourth-order valence-corrected chi connectivity index (χ4v) is 4.35. The van der Waals surface area contributed by atoms with Crippen LogP contribution >= 0.6 is 0 Å². The maximum Gasteiger partial charge on any atom is 0.242 e. The predicted molar refractivity (Wildman–Crippen MR) is 99.0 cm³/mol. The third-order valence-electron chi connectivity index (χ3n) is 5.80. The number of carbonyl (C=O) groups excluding carboxylic acids is 2. The number of anilines is 2. The van der Waals surface area contributed by atoms with E-state index in [1.165, 1.54) is 0 Å². The van der Waals surface area contributed by atoms with Gasteiger partial charge in [0.2, 0.25) is 11.8 Å². The molecule has 140 valence electrons. The molecule has 1 aromatic rings. The number of amides is 2. The normalized spacial score (nSPS) is 27.0. The summed E-state index contributed by atoms with van der Waals surface area (Å²) in [5.41, 5.74) is 8.31. The van der Waals surface area contributed by atoms with Crippen LogP contribution in [0.15, 0.2) is 18.2 Å². The molecule has 2 atom stereocenters. The van der Waals surface area contributed by atoms with Gasteiger partial charge in [-0.1, -0.05) is 0 Å². The third kappa shape index (κ3) is 2.71. The number of hydrogen-bond donors (Lipinski definition) is 3. The lowest BCUT2D eigenvalue weighted by Crippen LogP contribution is -2.44. The van der Waals surface area contributed by atoms with Gasteiger partial charge in [-0.25, -0.2) is 5.43 Å². The lowest BCUT2D eigenvalue weighted by molar-refractivity contribution is -0.126. The monoisotopic (exact) mass is 358 g/mol. The van der Waals surface area contributed by atoms with Crippen molar-refractivity contribution in [1.29, 1.82) is 0 Å². The standard InChI is InChI=1S/C19H26N4O3/c1-3-23-16-5-4-13(20-17(24)15-10-12(2)21-22-15)11-14(16)19(18(23)25)6-8-26-9-7-19/h4-5,11-12,15,21-22H,3,6-10H2,1-2H3,(H,20,24). The zero-order valence-corrected chi connectivity index (χ0v) is 15.3. The van der Waals surface area contributed by atoms with Crippen LogP contribution in [0.25, 0.3) is 0 Å². The van der Waals surface area contributed by atoms with Crippen molar-refractivity contribution in [3.05, 3.63) is 23.8 Å². The highest BCUT2D eigenvalue weighted by Gasteiger charge is 2.51. The maximum atomic E-state index is 13.1. The fourth-order valence-electron chi connectivity index (χ4n) is 4.35. The highest BCUT2D eigenvalue weighted by molar-refractivity contribution is 6.09. The zero-order valence-electron chi connectivity index (χ0n) is 15.3. The van der Waals surface area contributed by atoms with Crippen LogP contribution in [0.3, 0.4) is 0 Å². The van der Waals surface area contributed by atoms with Gasteiger partial charge in [0.25, 0.3) is 0 Å². The summed E-state index contributed by atoms with van der Waals surface area (Å²) >= 11 is 0. The fraction of sp³-hybridized carbons (Fsp3) is 0.579. The van der Waals surface area contributed by atoms with E-state index in [1.54, 1.807) is 0 Å². The number of benzene rings is 1. The first-order chi connectivity index (χ1) is 12.5. The second-order valence-electron chi connectivity index (χ2n) is 7.44. The van der Waals surface area contributed by atoms with Crippen LogP contribution in [0.5, 0.6) is 0 Å². The molecule has 1 aromatic carbocycles. The van der Waals surface area contributed by atoms with Crippen molar-refractivity contribution in [2.45, 2.75) is 50.6 Å². The van der Waals surface area contributed by atoms with Crippen LogP contribution in [0.1, 0.15) is 38.7 Å². The van der Waals surface area contributed by atoms with Gasteiger partial charge in [-0.2, -0.15) is 0 Å². The summed E-state index contributed by atoms with van der Waals surface area (Å²) in [5, 5.41) is 3.00. The molecule has 2 saturated heterocycles. The van der Waals surface area contributed by atoms with Gasteiger partial charge in [0.05, 0.1) is 5.41 Å². The van der Waals surface area contributed by atoms with Crippen molar-refractivity contribution >= 4 is 23.2 Å². The van der Waals surface area contributed by atoms with Crippen LogP contribution in [0.4, 0.5) is 11.4 Å². The average molecular weight is 358 g/mol. The molecule has 7 nitrogen and oxygen atoms in total. The molecule has 3 aliphatic rings. The van der Waals surface area contributed by atoms with Crippen LogP contribution in [-0.4, -0.2) is 43.7 Å². The van der Waals surface area contributed by atoms with Crippen LogP contribution in [0.2, 0.25) is 0 Å². The number of carbonyl (C=O) groups is 2. The average Bonchev–Trinajstić information content (AvgIpc) is 3.18. The highest BCUT2D eigenvalue weighted by atomic mass is 16.5. The van der Waals surface area contributed by atoms with Crippen molar-refractivity contribution in [2.24, 2.45) is 0 Å². The first kappa shape index (κ1) is 17.5. The minimum atomic E-state index is -0.508. The van der Waals surface area contributed by atoms with Gasteiger partial charge in [-0.15, -0.1) is 0 Å². The number of rotatable bonds is 3. The molecule has 1 spiro atoms.